The molecule has 0 atom stereocenters. The summed E-state index contributed by atoms with van der Waals surface area (Å²) in [6.45, 7) is 2.34. The van der Waals surface area contributed by atoms with Gasteiger partial charge in [0, 0.05) is 13.1 Å². The predicted octanol–water partition coefficient (Wildman–Crippen LogP) is 2.50. The van der Waals surface area contributed by atoms with Gasteiger partial charge in [0.2, 0.25) is 5.76 Å². The molecule has 2 aromatic rings. The van der Waals surface area contributed by atoms with Crippen molar-refractivity contribution in [2.45, 2.75) is 19.6 Å². The summed E-state index contributed by atoms with van der Waals surface area (Å²) in [5, 5.41) is 12.1. The highest BCUT2D eigenvalue weighted by atomic mass is 16.3. The standard InChI is InChI=1S/C16H19N3O/c1-19(2)12-14-6-4-3-5-13(14)10-18-11-16-8-7-15(9-17)20-16/h3-8,18H,10-12H2,1-2H3. The van der Waals surface area contributed by atoms with E-state index in [0.717, 1.165) is 18.8 Å². The molecule has 4 nitrogen and oxygen atoms in total. The van der Waals surface area contributed by atoms with E-state index in [-0.39, 0.29) is 0 Å². The minimum atomic E-state index is 0.356. The van der Waals surface area contributed by atoms with Crippen molar-refractivity contribution in [3.8, 4) is 6.07 Å². The first-order valence-electron chi connectivity index (χ1n) is 6.60. The molecule has 0 aliphatic rings. The lowest BCUT2D eigenvalue weighted by atomic mass is 10.1. The first-order chi connectivity index (χ1) is 9.69. The van der Waals surface area contributed by atoms with Crippen molar-refractivity contribution >= 4 is 0 Å². The lowest BCUT2D eigenvalue weighted by molar-refractivity contribution is 0.400. The van der Waals surface area contributed by atoms with Crippen LogP contribution < -0.4 is 5.32 Å². The van der Waals surface area contributed by atoms with Gasteiger partial charge >= 0.3 is 0 Å². The van der Waals surface area contributed by atoms with Crippen molar-refractivity contribution in [2.75, 3.05) is 14.1 Å². The summed E-state index contributed by atoms with van der Waals surface area (Å²) in [5.41, 5.74) is 2.61. The third kappa shape index (κ3) is 3.95. The Hall–Kier alpha value is -2.09. The Kier molecular flexibility index (Phi) is 4.94. The number of benzene rings is 1. The molecule has 0 spiro atoms. The third-order valence-corrected chi connectivity index (χ3v) is 2.99. The minimum Gasteiger partial charge on any atom is -0.449 e. The number of furan rings is 1. The summed E-state index contributed by atoms with van der Waals surface area (Å²) in [5.74, 6) is 1.14. The summed E-state index contributed by atoms with van der Waals surface area (Å²) < 4.78 is 5.33. The van der Waals surface area contributed by atoms with E-state index >= 15 is 0 Å². The molecule has 4 heteroatoms. The summed E-state index contributed by atoms with van der Waals surface area (Å²) >= 11 is 0. The Morgan fingerprint density at radius 1 is 1.10 bits per heavy atom. The molecule has 0 amide bonds. The Morgan fingerprint density at radius 2 is 1.85 bits per heavy atom. The van der Waals surface area contributed by atoms with Gasteiger partial charge in [0.15, 0.2) is 0 Å². The molecule has 0 fully saturated rings. The topological polar surface area (TPSA) is 52.2 Å². The van der Waals surface area contributed by atoms with Crippen molar-refractivity contribution in [3.05, 3.63) is 59.0 Å². The van der Waals surface area contributed by atoms with Gasteiger partial charge in [-0.3, -0.25) is 0 Å². The van der Waals surface area contributed by atoms with Gasteiger partial charge in [-0.05, 0) is 37.4 Å². The molecule has 0 saturated heterocycles. The molecule has 1 heterocycles. The van der Waals surface area contributed by atoms with Crippen LogP contribution >= 0.6 is 0 Å². The van der Waals surface area contributed by atoms with Crippen molar-refractivity contribution in [2.24, 2.45) is 0 Å². The highest BCUT2D eigenvalue weighted by Crippen LogP contribution is 2.11. The maximum atomic E-state index is 8.71. The Balaban J connectivity index is 1.92. The second-order valence-electron chi connectivity index (χ2n) is 4.99. The van der Waals surface area contributed by atoms with Gasteiger partial charge in [0.05, 0.1) is 6.54 Å². The second-order valence-corrected chi connectivity index (χ2v) is 4.99. The SMILES string of the molecule is CN(C)Cc1ccccc1CNCc1ccc(C#N)o1. The average Bonchev–Trinajstić information content (AvgIpc) is 2.88. The minimum absolute atomic E-state index is 0.356. The fraction of sp³-hybridized carbons (Fsp3) is 0.312. The number of hydrogen-bond acceptors (Lipinski definition) is 4. The quantitative estimate of drug-likeness (QED) is 0.875. The number of rotatable bonds is 6. The van der Waals surface area contributed by atoms with Gasteiger partial charge in [-0.2, -0.15) is 5.26 Å². The number of nitrogens with one attached hydrogen (secondary N) is 1. The van der Waals surface area contributed by atoms with E-state index < -0.39 is 0 Å². The fourth-order valence-corrected chi connectivity index (χ4v) is 2.08. The lowest BCUT2D eigenvalue weighted by Gasteiger charge is -2.14. The van der Waals surface area contributed by atoms with Crippen LogP contribution in [0.4, 0.5) is 0 Å². The van der Waals surface area contributed by atoms with Crippen LogP contribution in [0.1, 0.15) is 22.6 Å². The van der Waals surface area contributed by atoms with Gasteiger partial charge in [0.25, 0.3) is 0 Å². The highest BCUT2D eigenvalue weighted by Gasteiger charge is 2.04. The molecular weight excluding hydrogens is 250 g/mol. The molecule has 0 bridgehead atoms. The molecule has 1 aromatic carbocycles. The van der Waals surface area contributed by atoms with E-state index in [1.807, 2.05) is 12.1 Å². The van der Waals surface area contributed by atoms with Crippen LogP contribution in [0.3, 0.4) is 0 Å². The molecular formula is C16H19N3O. The van der Waals surface area contributed by atoms with Gasteiger partial charge in [-0.1, -0.05) is 24.3 Å². The maximum Gasteiger partial charge on any atom is 0.203 e. The van der Waals surface area contributed by atoms with Crippen LogP contribution in [0.5, 0.6) is 0 Å². The summed E-state index contributed by atoms with van der Waals surface area (Å²) in [7, 11) is 4.13. The van der Waals surface area contributed by atoms with E-state index in [0.29, 0.717) is 12.3 Å². The molecule has 20 heavy (non-hydrogen) atoms. The zero-order valence-electron chi connectivity index (χ0n) is 11.9. The van der Waals surface area contributed by atoms with Crippen molar-refractivity contribution in [1.29, 1.82) is 5.26 Å². The van der Waals surface area contributed by atoms with Crippen LogP contribution in [0.2, 0.25) is 0 Å². The molecule has 104 valence electrons. The monoisotopic (exact) mass is 269 g/mol. The third-order valence-electron chi connectivity index (χ3n) is 2.99. The molecule has 0 aliphatic carbocycles. The predicted molar refractivity (Wildman–Crippen MR) is 77.8 cm³/mol. The van der Waals surface area contributed by atoms with E-state index in [1.54, 1.807) is 6.07 Å². The molecule has 0 saturated carbocycles. The van der Waals surface area contributed by atoms with Crippen LogP contribution in [-0.2, 0) is 19.6 Å². The first kappa shape index (κ1) is 14.3. The van der Waals surface area contributed by atoms with Gasteiger partial charge < -0.3 is 14.6 Å². The smallest absolute Gasteiger partial charge is 0.203 e. The summed E-state index contributed by atoms with van der Waals surface area (Å²) in [6, 6.07) is 13.9. The molecule has 0 aliphatic heterocycles. The van der Waals surface area contributed by atoms with Crippen molar-refractivity contribution < 1.29 is 4.42 Å². The maximum absolute atomic E-state index is 8.71. The summed E-state index contributed by atoms with van der Waals surface area (Å²) in [6.07, 6.45) is 0. The Morgan fingerprint density at radius 3 is 2.50 bits per heavy atom. The van der Waals surface area contributed by atoms with E-state index in [9.17, 15) is 0 Å². The van der Waals surface area contributed by atoms with Crippen LogP contribution in [0, 0.1) is 11.3 Å². The zero-order chi connectivity index (χ0) is 14.4. The van der Waals surface area contributed by atoms with E-state index in [1.165, 1.54) is 11.1 Å². The molecule has 2 rings (SSSR count). The summed E-state index contributed by atoms with van der Waals surface area (Å²) in [4.78, 5) is 2.16. The lowest BCUT2D eigenvalue weighted by Crippen LogP contribution is -2.17. The Bertz CT molecular complexity index is 596. The van der Waals surface area contributed by atoms with Crippen LogP contribution in [0.15, 0.2) is 40.8 Å². The van der Waals surface area contributed by atoms with Crippen molar-refractivity contribution in [1.82, 2.24) is 10.2 Å². The van der Waals surface area contributed by atoms with Gasteiger partial charge in [0.1, 0.15) is 11.8 Å². The van der Waals surface area contributed by atoms with E-state index in [2.05, 4.69) is 48.6 Å². The zero-order valence-corrected chi connectivity index (χ0v) is 11.9. The van der Waals surface area contributed by atoms with Crippen molar-refractivity contribution in [3.63, 3.8) is 0 Å². The number of nitrogens with zero attached hydrogens (tertiary/aromatic N) is 2. The van der Waals surface area contributed by atoms with E-state index in [4.69, 9.17) is 9.68 Å². The Labute approximate surface area is 119 Å². The molecule has 0 unspecified atom stereocenters. The fourth-order valence-electron chi connectivity index (χ4n) is 2.08. The molecule has 1 N–H and O–H groups in total. The average molecular weight is 269 g/mol. The largest absolute Gasteiger partial charge is 0.449 e. The van der Waals surface area contributed by atoms with Gasteiger partial charge in [-0.15, -0.1) is 0 Å². The van der Waals surface area contributed by atoms with Gasteiger partial charge in [-0.25, -0.2) is 0 Å². The van der Waals surface area contributed by atoms with Crippen LogP contribution in [-0.4, -0.2) is 19.0 Å². The van der Waals surface area contributed by atoms with Crippen LogP contribution in [0.25, 0.3) is 0 Å². The first-order valence-corrected chi connectivity index (χ1v) is 6.60. The number of nitriles is 1. The molecule has 0 radical (unpaired) electrons. The second kappa shape index (κ2) is 6.90. The number of hydrogen-bond donors (Lipinski definition) is 1. The normalized spacial score (nSPS) is 10.7. The molecule has 1 aromatic heterocycles. The highest BCUT2D eigenvalue weighted by molar-refractivity contribution is 5.27.